The Morgan fingerprint density at radius 2 is 1.75 bits per heavy atom. The molecular formula is C15H11Cl2FO2. The molecule has 0 atom stereocenters. The number of ether oxygens (including phenoxy) is 1. The molecule has 0 fully saturated rings. The summed E-state index contributed by atoms with van der Waals surface area (Å²) in [6.07, 6.45) is -0.0669. The summed E-state index contributed by atoms with van der Waals surface area (Å²) in [4.78, 5) is 12.2. The van der Waals surface area contributed by atoms with Crippen molar-refractivity contribution in [3.05, 3.63) is 63.4 Å². The maximum Gasteiger partial charge on any atom is 0.175 e. The van der Waals surface area contributed by atoms with Crippen molar-refractivity contribution in [2.45, 2.75) is 6.42 Å². The van der Waals surface area contributed by atoms with Crippen molar-refractivity contribution in [3.8, 4) is 5.75 Å². The molecule has 0 heterocycles. The first-order valence-electron chi connectivity index (χ1n) is 5.83. The molecule has 104 valence electrons. The summed E-state index contributed by atoms with van der Waals surface area (Å²) in [5, 5.41) is 0.767. The molecule has 2 aromatic rings. The van der Waals surface area contributed by atoms with Crippen molar-refractivity contribution in [2.24, 2.45) is 0 Å². The summed E-state index contributed by atoms with van der Waals surface area (Å²) < 4.78 is 18.9. The maximum atomic E-state index is 14.0. The molecule has 0 aliphatic heterocycles. The fraction of sp³-hybridized carbons (Fsp3) is 0.133. The number of rotatable bonds is 4. The molecular weight excluding hydrogens is 302 g/mol. The number of carbonyl (C=O) groups excluding carboxylic acids is 1. The van der Waals surface area contributed by atoms with E-state index in [-0.39, 0.29) is 17.7 Å². The molecule has 0 saturated carbocycles. The van der Waals surface area contributed by atoms with Gasteiger partial charge in [0.15, 0.2) is 17.3 Å². The van der Waals surface area contributed by atoms with Gasteiger partial charge < -0.3 is 4.74 Å². The van der Waals surface area contributed by atoms with Crippen LogP contribution in [0.5, 0.6) is 5.75 Å². The summed E-state index contributed by atoms with van der Waals surface area (Å²) in [5.41, 5.74) is 0.448. The lowest BCUT2D eigenvalue weighted by Crippen LogP contribution is -2.08. The second kappa shape index (κ2) is 6.25. The number of halogens is 3. The van der Waals surface area contributed by atoms with Gasteiger partial charge in [0, 0.05) is 16.5 Å². The predicted molar refractivity (Wildman–Crippen MR) is 77.4 cm³/mol. The zero-order valence-electron chi connectivity index (χ0n) is 10.6. The van der Waals surface area contributed by atoms with Crippen LogP contribution in [0.1, 0.15) is 15.9 Å². The van der Waals surface area contributed by atoms with Gasteiger partial charge in [0.25, 0.3) is 0 Å². The summed E-state index contributed by atoms with van der Waals surface area (Å²) in [5.74, 6) is -1.05. The molecule has 2 aromatic carbocycles. The quantitative estimate of drug-likeness (QED) is 0.773. The minimum Gasteiger partial charge on any atom is -0.494 e. The van der Waals surface area contributed by atoms with Crippen LogP contribution >= 0.6 is 23.2 Å². The zero-order valence-corrected chi connectivity index (χ0v) is 12.1. The molecule has 2 rings (SSSR count). The second-order valence-corrected chi connectivity index (χ2v) is 4.94. The highest BCUT2D eigenvalue weighted by atomic mass is 35.5. The van der Waals surface area contributed by atoms with Crippen LogP contribution < -0.4 is 4.74 Å². The standard InChI is InChI=1S/C15H11Cl2FO2/c1-20-14-7-2-4-9(15(14)18)13(19)8-10-11(16)5-3-6-12(10)17/h2-7H,8H2,1H3. The summed E-state index contributed by atoms with van der Waals surface area (Å²) in [7, 11) is 1.34. The van der Waals surface area contributed by atoms with Crippen molar-refractivity contribution in [2.75, 3.05) is 7.11 Å². The Bertz CT molecular complexity index is 636. The number of methoxy groups -OCH3 is 1. The third-order valence-electron chi connectivity index (χ3n) is 2.88. The molecule has 20 heavy (non-hydrogen) atoms. The molecule has 2 nitrogen and oxygen atoms in total. The van der Waals surface area contributed by atoms with Crippen molar-refractivity contribution in [1.29, 1.82) is 0 Å². The Balaban J connectivity index is 2.34. The SMILES string of the molecule is COc1cccc(C(=O)Cc2c(Cl)cccc2Cl)c1F. The van der Waals surface area contributed by atoms with Crippen LogP contribution in [0.3, 0.4) is 0 Å². The number of Topliss-reactive ketones (excluding diaryl/α,β-unsaturated/α-hetero) is 1. The number of carbonyl (C=O) groups is 1. The normalized spacial score (nSPS) is 10.4. The Kier molecular flexibility index (Phi) is 4.63. The van der Waals surface area contributed by atoms with Crippen LogP contribution in [0.15, 0.2) is 36.4 Å². The molecule has 0 amide bonds. The van der Waals surface area contributed by atoms with Gasteiger partial charge in [-0.1, -0.05) is 35.3 Å². The topological polar surface area (TPSA) is 26.3 Å². The molecule has 0 spiro atoms. The monoisotopic (exact) mass is 312 g/mol. The van der Waals surface area contributed by atoms with E-state index in [2.05, 4.69) is 0 Å². The highest BCUT2D eigenvalue weighted by Gasteiger charge is 2.18. The average molecular weight is 313 g/mol. The first-order valence-corrected chi connectivity index (χ1v) is 6.58. The lowest BCUT2D eigenvalue weighted by Gasteiger charge is -2.08. The van der Waals surface area contributed by atoms with Gasteiger partial charge in [-0.3, -0.25) is 4.79 Å². The van der Waals surface area contributed by atoms with Crippen molar-refractivity contribution < 1.29 is 13.9 Å². The molecule has 0 aromatic heterocycles. The fourth-order valence-electron chi connectivity index (χ4n) is 1.84. The van der Waals surface area contributed by atoms with Crippen LogP contribution in [0.4, 0.5) is 4.39 Å². The third kappa shape index (κ3) is 2.94. The Labute approximate surface area is 126 Å². The largest absolute Gasteiger partial charge is 0.494 e. The van der Waals surface area contributed by atoms with Crippen LogP contribution in [0, 0.1) is 5.82 Å². The van der Waals surface area contributed by atoms with E-state index in [4.69, 9.17) is 27.9 Å². The van der Waals surface area contributed by atoms with E-state index in [9.17, 15) is 9.18 Å². The number of benzene rings is 2. The van der Waals surface area contributed by atoms with Gasteiger partial charge in [0.1, 0.15) is 0 Å². The van der Waals surface area contributed by atoms with Gasteiger partial charge in [-0.15, -0.1) is 0 Å². The number of hydrogen-bond donors (Lipinski definition) is 0. The highest BCUT2D eigenvalue weighted by Crippen LogP contribution is 2.27. The first-order chi connectivity index (χ1) is 9.54. The molecule has 5 heteroatoms. The first kappa shape index (κ1) is 14.8. The number of ketones is 1. The Morgan fingerprint density at radius 1 is 1.15 bits per heavy atom. The van der Waals surface area contributed by atoms with E-state index in [0.29, 0.717) is 15.6 Å². The maximum absolute atomic E-state index is 14.0. The van der Waals surface area contributed by atoms with E-state index in [0.717, 1.165) is 0 Å². The van der Waals surface area contributed by atoms with Crippen molar-refractivity contribution in [1.82, 2.24) is 0 Å². The lowest BCUT2D eigenvalue weighted by atomic mass is 10.0. The second-order valence-electron chi connectivity index (χ2n) is 4.12. The third-order valence-corrected chi connectivity index (χ3v) is 3.59. The van der Waals surface area contributed by atoms with Crippen LogP contribution in [-0.2, 0) is 6.42 Å². The molecule has 0 aliphatic rings. The molecule has 0 bridgehead atoms. The smallest absolute Gasteiger partial charge is 0.175 e. The van der Waals surface area contributed by atoms with Gasteiger partial charge >= 0.3 is 0 Å². The van der Waals surface area contributed by atoms with Gasteiger partial charge in [-0.25, -0.2) is 4.39 Å². The predicted octanol–water partition coefficient (Wildman–Crippen LogP) is 4.57. The average Bonchev–Trinajstić information content (AvgIpc) is 2.43. The Morgan fingerprint density at radius 3 is 2.35 bits per heavy atom. The molecule has 0 N–H and O–H groups in total. The van der Waals surface area contributed by atoms with E-state index >= 15 is 0 Å². The minimum atomic E-state index is -0.678. The summed E-state index contributed by atoms with van der Waals surface area (Å²) in [6.45, 7) is 0. The van der Waals surface area contributed by atoms with Crippen molar-refractivity contribution >= 4 is 29.0 Å². The van der Waals surface area contributed by atoms with Gasteiger partial charge in [-0.05, 0) is 29.8 Å². The van der Waals surface area contributed by atoms with Crippen LogP contribution in [-0.4, -0.2) is 12.9 Å². The Hall–Kier alpha value is -1.58. The van der Waals surface area contributed by atoms with Gasteiger partial charge in [0.2, 0.25) is 0 Å². The fourth-order valence-corrected chi connectivity index (χ4v) is 2.37. The van der Waals surface area contributed by atoms with Gasteiger partial charge in [-0.2, -0.15) is 0 Å². The molecule has 0 radical (unpaired) electrons. The van der Waals surface area contributed by atoms with Crippen LogP contribution in [0.25, 0.3) is 0 Å². The summed E-state index contributed by atoms with van der Waals surface area (Å²) >= 11 is 12.0. The van der Waals surface area contributed by atoms with E-state index < -0.39 is 11.6 Å². The van der Waals surface area contributed by atoms with Crippen LogP contribution in [0.2, 0.25) is 10.0 Å². The van der Waals surface area contributed by atoms with Gasteiger partial charge in [0.05, 0.1) is 12.7 Å². The zero-order chi connectivity index (χ0) is 14.7. The number of hydrogen-bond acceptors (Lipinski definition) is 2. The van der Waals surface area contributed by atoms with E-state index in [1.54, 1.807) is 24.3 Å². The highest BCUT2D eigenvalue weighted by molar-refractivity contribution is 6.36. The summed E-state index contributed by atoms with van der Waals surface area (Å²) in [6, 6.07) is 9.38. The van der Waals surface area contributed by atoms with Crippen molar-refractivity contribution in [3.63, 3.8) is 0 Å². The van der Waals surface area contributed by atoms with E-state index in [1.807, 2.05) is 0 Å². The molecule has 0 aliphatic carbocycles. The molecule has 0 saturated heterocycles. The molecule has 0 unspecified atom stereocenters. The lowest BCUT2D eigenvalue weighted by molar-refractivity contribution is 0.0988. The van der Waals surface area contributed by atoms with E-state index in [1.165, 1.54) is 19.2 Å². The minimum absolute atomic E-state index is 0.0288.